The zero-order valence-electron chi connectivity index (χ0n) is 22.3. The molecule has 1 saturated heterocycles. The Morgan fingerprint density at radius 1 is 0.895 bits per heavy atom. The van der Waals surface area contributed by atoms with Gasteiger partial charge in [-0.3, -0.25) is 19.7 Å². The zero-order chi connectivity index (χ0) is 27.5. The molecule has 7 heteroatoms. The van der Waals surface area contributed by atoms with E-state index < -0.39 is 0 Å². The van der Waals surface area contributed by atoms with Gasteiger partial charge in [0.05, 0.1) is 10.5 Å². The fourth-order valence-electron chi connectivity index (χ4n) is 4.54. The minimum absolute atomic E-state index is 0.00531. The molecule has 4 rings (SSSR count). The summed E-state index contributed by atoms with van der Waals surface area (Å²) < 4.78 is 0. The van der Waals surface area contributed by atoms with Crippen LogP contribution in [-0.2, 0) is 0 Å². The van der Waals surface area contributed by atoms with Crippen molar-refractivity contribution in [1.29, 1.82) is 0 Å². The van der Waals surface area contributed by atoms with Gasteiger partial charge in [-0.05, 0) is 63.1 Å². The maximum Gasteiger partial charge on any atom is 0.277 e. The molecule has 1 heterocycles. The fourth-order valence-corrected chi connectivity index (χ4v) is 4.54. The van der Waals surface area contributed by atoms with Gasteiger partial charge in [0.25, 0.3) is 11.6 Å². The molecule has 1 aliphatic heterocycles. The van der Waals surface area contributed by atoms with Gasteiger partial charge in [0.2, 0.25) is 0 Å². The number of likely N-dealkylation sites (tertiary alicyclic amines) is 1. The standard InChI is InChI=1S/C24H29N3O3.C7H6O/c1-4-26(5-2)24(28)20-12-10-18(11-13-20)23(19-14-16-25(3)17-15-19)21-8-6-7-9-22(21)27(29)30;8-6-7-4-2-1-3-5-7/h6-13H,4-5,14-17H2,1-3H3;1-6H. The molecule has 1 fully saturated rings. The number of para-hydroxylation sites is 1. The molecule has 0 N–H and O–H groups in total. The predicted octanol–water partition coefficient (Wildman–Crippen LogP) is 6.10. The maximum absolute atomic E-state index is 12.7. The molecule has 38 heavy (non-hydrogen) atoms. The van der Waals surface area contributed by atoms with Crippen LogP contribution >= 0.6 is 0 Å². The number of carbonyl (C=O) groups is 2. The van der Waals surface area contributed by atoms with Crippen molar-refractivity contribution in [3.05, 3.63) is 117 Å². The van der Waals surface area contributed by atoms with Crippen molar-refractivity contribution in [2.45, 2.75) is 26.7 Å². The van der Waals surface area contributed by atoms with E-state index in [0.29, 0.717) is 24.2 Å². The van der Waals surface area contributed by atoms with E-state index in [1.165, 1.54) is 5.57 Å². The molecular formula is C31H35N3O4. The van der Waals surface area contributed by atoms with Crippen LogP contribution in [0, 0.1) is 10.1 Å². The van der Waals surface area contributed by atoms with Crippen molar-refractivity contribution in [3.63, 3.8) is 0 Å². The van der Waals surface area contributed by atoms with Gasteiger partial charge < -0.3 is 9.80 Å². The van der Waals surface area contributed by atoms with Gasteiger partial charge in [0.15, 0.2) is 0 Å². The number of nitro benzene ring substituents is 1. The summed E-state index contributed by atoms with van der Waals surface area (Å²) in [4.78, 5) is 38.1. The summed E-state index contributed by atoms with van der Waals surface area (Å²) in [6.07, 6.45) is 2.58. The number of hydrogen-bond acceptors (Lipinski definition) is 5. The van der Waals surface area contributed by atoms with Crippen molar-refractivity contribution >= 4 is 23.5 Å². The molecule has 0 saturated carbocycles. The van der Waals surface area contributed by atoms with Gasteiger partial charge >= 0.3 is 0 Å². The number of nitrogens with zero attached hydrogens (tertiary/aromatic N) is 3. The normalized spacial score (nSPS) is 13.2. The highest BCUT2D eigenvalue weighted by Crippen LogP contribution is 2.36. The van der Waals surface area contributed by atoms with E-state index in [2.05, 4.69) is 11.9 Å². The van der Waals surface area contributed by atoms with E-state index in [9.17, 15) is 19.7 Å². The highest BCUT2D eigenvalue weighted by Gasteiger charge is 2.23. The number of benzene rings is 3. The van der Waals surface area contributed by atoms with Crippen LogP contribution in [0.15, 0.2) is 84.4 Å². The summed E-state index contributed by atoms with van der Waals surface area (Å²) in [5, 5.41) is 11.7. The first kappa shape index (κ1) is 28.5. The Bertz CT molecular complexity index is 1260. The molecule has 0 aliphatic carbocycles. The van der Waals surface area contributed by atoms with Crippen molar-refractivity contribution in [1.82, 2.24) is 9.80 Å². The second kappa shape index (κ2) is 14.0. The lowest BCUT2D eigenvalue weighted by molar-refractivity contribution is -0.385. The Labute approximate surface area is 224 Å². The smallest absolute Gasteiger partial charge is 0.277 e. The number of aldehydes is 1. The predicted molar refractivity (Wildman–Crippen MR) is 151 cm³/mol. The molecule has 1 amide bonds. The molecule has 3 aromatic carbocycles. The summed E-state index contributed by atoms with van der Waals surface area (Å²) in [7, 11) is 2.09. The number of amides is 1. The first-order chi connectivity index (χ1) is 18.4. The molecule has 1 aliphatic rings. The average Bonchev–Trinajstić information content (AvgIpc) is 2.96. The first-order valence-corrected chi connectivity index (χ1v) is 12.9. The van der Waals surface area contributed by atoms with Crippen LogP contribution in [0.2, 0.25) is 0 Å². The number of rotatable bonds is 7. The Hall–Kier alpha value is -4.10. The van der Waals surface area contributed by atoms with E-state index in [4.69, 9.17) is 0 Å². The lowest BCUT2D eigenvalue weighted by atomic mass is 9.87. The Kier molecular flexibility index (Phi) is 10.5. The minimum Gasteiger partial charge on any atom is -0.339 e. The van der Waals surface area contributed by atoms with Gasteiger partial charge in [-0.25, -0.2) is 0 Å². The number of hydrogen-bond donors (Lipinski definition) is 0. The second-order valence-corrected chi connectivity index (χ2v) is 9.14. The number of piperidine rings is 1. The van der Waals surface area contributed by atoms with Crippen LogP contribution in [-0.4, -0.2) is 60.1 Å². The molecule has 0 bridgehead atoms. The molecular weight excluding hydrogens is 478 g/mol. The van der Waals surface area contributed by atoms with E-state index in [1.807, 2.05) is 68.4 Å². The molecule has 198 valence electrons. The summed E-state index contributed by atoms with van der Waals surface area (Å²) in [5.74, 6) is 0.00531. The molecule has 0 radical (unpaired) electrons. The summed E-state index contributed by atoms with van der Waals surface area (Å²) in [5.41, 5.74) is 5.19. The van der Waals surface area contributed by atoms with Crippen LogP contribution in [0.25, 0.3) is 5.57 Å². The van der Waals surface area contributed by atoms with Crippen molar-refractivity contribution in [2.75, 3.05) is 33.2 Å². The summed E-state index contributed by atoms with van der Waals surface area (Å²) >= 11 is 0. The number of carbonyl (C=O) groups excluding carboxylic acids is 2. The minimum atomic E-state index is -0.316. The average molecular weight is 514 g/mol. The van der Waals surface area contributed by atoms with Gasteiger partial charge in [-0.1, -0.05) is 60.2 Å². The Balaban J connectivity index is 0.000000427. The Morgan fingerprint density at radius 2 is 1.45 bits per heavy atom. The molecule has 0 aromatic heterocycles. The third-order valence-corrected chi connectivity index (χ3v) is 6.72. The summed E-state index contributed by atoms with van der Waals surface area (Å²) in [6.45, 7) is 7.11. The van der Waals surface area contributed by atoms with Gasteiger partial charge in [-0.2, -0.15) is 0 Å². The zero-order valence-corrected chi connectivity index (χ0v) is 22.3. The van der Waals surface area contributed by atoms with E-state index in [-0.39, 0.29) is 16.5 Å². The van der Waals surface area contributed by atoms with E-state index in [1.54, 1.807) is 29.2 Å². The van der Waals surface area contributed by atoms with Crippen LogP contribution in [0.4, 0.5) is 5.69 Å². The molecule has 3 aromatic rings. The van der Waals surface area contributed by atoms with E-state index >= 15 is 0 Å². The second-order valence-electron chi connectivity index (χ2n) is 9.14. The van der Waals surface area contributed by atoms with Crippen molar-refractivity contribution < 1.29 is 14.5 Å². The van der Waals surface area contributed by atoms with Crippen molar-refractivity contribution in [2.24, 2.45) is 0 Å². The third-order valence-electron chi connectivity index (χ3n) is 6.72. The van der Waals surface area contributed by atoms with Crippen LogP contribution in [0.1, 0.15) is 58.5 Å². The van der Waals surface area contributed by atoms with Crippen LogP contribution in [0.5, 0.6) is 0 Å². The fraction of sp³-hybridized carbons (Fsp3) is 0.290. The topological polar surface area (TPSA) is 83.8 Å². The molecule has 0 unspecified atom stereocenters. The van der Waals surface area contributed by atoms with Gasteiger partial charge in [-0.15, -0.1) is 0 Å². The first-order valence-electron chi connectivity index (χ1n) is 12.9. The lowest BCUT2D eigenvalue weighted by Gasteiger charge is -2.27. The highest BCUT2D eigenvalue weighted by atomic mass is 16.6. The Morgan fingerprint density at radius 3 is 1.97 bits per heavy atom. The summed E-state index contributed by atoms with van der Waals surface area (Å²) in [6, 6.07) is 23.5. The molecule has 0 spiro atoms. The van der Waals surface area contributed by atoms with Crippen molar-refractivity contribution in [3.8, 4) is 0 Å². The third kappa shape index (κ3) is 7.23. The van der Waals surface area contributed by atoms with Crippen LogP contribution in [0.3, 0.4) is 0 Å². The van der Waals surface area contributed by atoms with E-state index in [0.717, 1.165) is 48.9 Å². The molecule has 7 nitrogen and oxygen atoms in total. The van der Waals surface area contributed by atoms with Crippen LogP contribution < -0.4 is 0 Å². The van der Waals surface area contributed by atoms with Gasteiger partial charge in [0.1, 0.15) is 6.29 Å². The lowest BCUT2D eigenvalue weighted by Crippen LogP contribution is -2.30. The maximum atomic E-state index is 12.7. The highest BCUT2D eigenvalue weighted by molar-refractivity contribution is 5.95. The number of nitro groups is 1. The molecule has 0 atom stereocenters. The monoisotopic (exact) mass is 513 g/mol. The largest absolute Gasteiger partial charge is 0.339 e. The quantitative estimate of drug-likeness (QED) is 0.216. The van der Waals surface area contributed by atoms with Gasteiger partial charge in [0, 0.05) is 43.4 Å². The SMILES string of the molecule is CCN(CC)C(=O)c1ccc(C(=C2CCN(C)CC2)c2ccccc2[N+](=O)[O-])cc1.O=Cc1ccccc1.